The number of carbonyl (C=O) groups excluding carboxylic acids is 1. The number of rotatable bonds is 9. The molecule has 0 aliphatic carbocycles. The van der Waals surface area contributed by atoms with Crippen molar-refractivity contribution in [1.29, 1.82) is 0 Å². The van der Waals surface area contributed by atoms with E-state index in [1.54, 1.807) is 43.7 Å². The molecule has 2 aromatic heterocycles. The van der Waals surface area contributed by atoms with Crippen LogP contribution in [0.15, 0.2) is 70.4 Å². The molecule has 0 aliphatic heterocycles. The summed E-state index contributed by atoms with van der Waals surface area (Å²) in [5.41, 5.74) is 1.42. The maximum atomic E-state index is 12.6. The van der Waals surface area contributed by atoms with Crippen LogP contribution in [0.2, 0.25) is 5.02 Å². The standard InChI is InChI=1S/C23H21ClN4O4S/c1-30-17-9-10-19(20(12-17)31-2)25-21(29)14-33-23-27-26-22(15-5-7-16(24)8-6-15)28(23)13-18-4-3-11-32-18/h3-12H,13-14H2,1-2H3,(H,25,29). The van der Waals surface area contributed by atoms with Crippen LogP contribution in [-0.2, 0) is 11.3 Å². The van der Waals surface area contributed by atoms with Gasteiger partial charge in [0.05, 0.1) is 38.5 Å². The zero-order valence-electron chi connectivity index (χ0n) is 17.9. The highest BCUT2D eigenvalue weighted by Gasteiger charge is 2.18. The Morgan fingerprint density at radius 1 is 1.12 bits per heavy atom. The predicted octanol–water partition coefficient (Wildman–Crippen LogP) is 4.99. The number of aromatic nitrogens is 3. The van der Waals surface area contributed by atoms with Crippen LogP contribution >= 0.6 is 23.4 Å². The molecular weight excluding hydrogens is 464 g/mol. The molecule has 4 rings (SSSR count). The van der Waals surface area contributed by atoms with Gasteiger partial charge in [0.15, 0.2) is 11.0 Å². The predicted molar refractivity (Wildman–Crippen MR) is 127 cm³/mol. The van der Waals surface area contributed by atoms with Gasteiger partial charge >= 0.3 is 0 Å². The summed E-state index contributed by atoms with van der Waals surface area (Å²) in [6, 6.07) is 16.2. The lowest BCUT2D eigenvalue weighted by atomic mass is 10.2. The molecule has 0 spiro atoms. The van der Waals surface area contributed by atoms with Gasteiger partial charge in [-0.05, 0) is 48.5 Å². The van der Waals surface area contributed by atoms with Crippen LogP contribution in [-0.4, -0.2) is 40.6 Å². The summed E-state index contributed by atoms with van der Waals surface area (Å²) in [5, 5.41) is 12.7. The van der Waals surface area contributed by atoms with Crippen LogP contribution in [0.25, 0.3) is 11.4 Å². The van der Waals surface area contributed by atoms with E-state index in [1.165, 1.54) is 18.9 Å². The van der Waals surface area contributed by atoms with E-state index in [1.807, 2.05) is 28.8 Å². The van der Waals surface area contributed by atoms with Gasteiger partial charge in [-0.1, -0.05) is 23.4 Å². The summed E-state index contributed by atoms with van der Waals surface area (Å²) in [6.07, 6.45) is 1.62. The second kappa shape index (κ2) is 10.5. The minimum Gasteiger partial charge on any atom is -0.497 e. The number of furan rings is 1. The molecule has 0 unspecified atom stereocenters. The fourth-order valence-corrected chi connectivity index (χ4v) is 3.99. The van der Waals surface area contributed by atoms with Crippen LogP contribution < -0.4 is 14.8 Å². The third-order valence-corrected chi connectivity index (χ3v) is 5.95. The van der Waals surface area contributed by atoms with Gasteiger partial charge in [-0.2, -0.15) is 0 Å². The lowest BCUT2D eigenvalue weighted by Gasteiger charge is -2.12. The molecular formula is C23H21ClN4O4S. The van der Waals surface area contributed by atoms with Crippen LogP contribution in [0.3, 0.4) is 0 Å². The fraction of sp³-hybridized carbons (Fsp3) is 0.174. The molecule has 0 aliphatic rings. The molecule has 2 aromatic carbocycles. The van der Waals surface area contributed by atoms with Crippen molar-refractivity contribution < 1.29 is 18.7 Å². The maximum Gasteiger partial charge on any atom is 0.234 e. The van der Waals surface area contributed by atoms with Crippen molar-refractivity contribution in [1.82, 2.24) is 14.8 Å². The molecule has 0 fully saturated rings. The molecule has 0 saturated heterocycles. The van der Waals surface area contributed by atoms with E-state index in [0.717, 1.165) is 11.3 Å². The van der Waals surface area contributed by atoms with Gasteiger partial charge in [0.2, 0.25) is 5.91 Å². The van der Waals surface area contributed by atoms with Gasteiger partial charge in [-0.25, -0.2) is 0 Å². The first-order valence-corrected chi connectivity index (χ1v) is 11.3. The number of thioether (sulfide) groups is 1. The molecule has 0 radical (unpaired) electrons. The molecule has 0 atom stereocenters. The van der Waals surface area contributed by atoms with Crippen molar-refractivity contribution in [2.75, 3.05) is 25.3 Å². The van der Waals surface area contributed by atoms with Crippen molar-refractivity contribution in [2.24, 2.45) is 0 Å². The monoisotopic (exact) mass is 484 g/mol. The van der Waals surface area contributed by atoms with Crippen molar-refractivity contribution >= 4 is 35.0 Å². The van der Waals surface area contributed by atoms with Crippen LogP contribution in [0.4, 0.5) is 5.69 Å². The molecule has 33 heavy (non-hydrogen) atoms. The molecule has 1 amide bonds. The highest BCUT2D eigenvalue weighted by Crippen LogP contribution is 2.30. The van der Waals surface area contributed by atoms with Crippen molar-refractivity contribution in [3.63, 3.8) is 0 Å². The number of benzene rings is 2. The first-order chi connectivity index (χ1) is 16.1. The summed E-state index contributed by atoms with van der Waals surface area (Å²) >= 11 is 7.31. The number of amides is 1. The van der Waals surface area contributed by atoms with Gasteiger partial charge < -0.3 is 19.2 Å². The summed E-state index contributed by atoms with van der Waals surface area (Å²) < 4.78 is 18.0. The lowest BCUT2D eigenvalue weighted by molar-refractivity contribution is -0.113. The number of ether oxygens (including phenoxy) is 2. The number of nitrogens with one attached hydrogen (secondary N) is 1. The zero-order valence-corrected chi connectivity index (χ0v) is 19.5. The third kappa shape index (κ3) is 5.50. The van der Waals surface area contributed by atoms with E-state index in [2.05, 4.69) is 15.5 Å². The van der Waals surface area contributed by atoms with Crippen LogP contribution in [0, 0.1) is 0 Å². The summed E-state index contributed by atoms with van der Waals surface area (Å²) in [6.45, 7) is 0.425. The Morgan fingerprint density at radius 3 is 2.64 bits per heavy atom. The Hall–Kier alpha value is -3.43. The van der Waals surface area contributed by atoms with Gasteiger partial charge in [0, 0.05) is 16.7 Å². The minimum atomic E-state index is -0.205. The Bertz CT molecular complexity index is 1230. The first-order valence-electron chi connectivity index (χ1n) is 9.93. The summed E-state index contributed by atoms with van der Waals surface area (Å²) in [4.78, 5) is 12.6. The minimum absolute atomic E-state index is 0.131. The third-order valence-electron chi connectivity index (χ3n) is 4.73. The molecule has 1 N–H and O–H groups in total. The molecule has 2 heterocycles. The highest BCUT2D eigenvalue weighted by molar-refractivity contribution is 7.99. The van der Waals surface area contributed by atoms with Gasteiger partial charge in [0.25, 0.3) is 0 Å². The average molecular weight is 485 g/mol. The van der Waals surface area contributed by atoms with E-state index in [9.17, 15) is 4.79 Å². The van der Waals surface area contributed by atoms with E-state index in [4.69, 9.17) is 25.5 Å². The van der Waals surface area contributed by atoms with Crippen molar-refractivity contribution in [3.8, 4) is 22.9 Å². The second-order valence-corrected chi connectivity index (χ2v) is 8.26. The number of hydrogen-bond acceptors (Lipinski definition) is 7. The summed E-state index contributed by atoms with van der Waals surface area (Å²) in [5.74, 6) is 2.48. The number of nitrogens with zero attached hydrogens (tertiary/aromatic N) is 3. The molecule has 4 aromatic rings. The van der Waals surface area contributed by atoms with E-state index in [-0.39, 0.29) is 11.7 Å². The zero-order chi connectivity index (χ0) is 23.2. The smallest absolute Gasteiger partial charge is 0.234 e. The molecule has 0 bridgehead atoms. The Morgan fingerprint density at radius 2 is 1.94 bits per heavy atom. The Kier molecular flexibility index (Phi) is 7.21. The number of methoxy groups -OCH3 is 2. The average Bonchev–Trinajstić information content (AvgIpc) is 3.49. The highest BCUT2D eigenvalue weighted by atomic mass is 35.5. The van der Waals surface area contributed by atoms with Gasteiger partial charge in [-0.15, -0.1) is 10.2 Å². The number of hydrogen-bond donors (Lipinski definition) is 1. The fourth-order valence-electron chi connectivity index (χ4n) is 3.13. The van der Waals surface area contributed by atoms with Crippen molar-refractivity contribution in [2.45, 2.75) is 11.7 Å². The number of carbonyl (C=O) groups is 1. The topological polar surface area (TPSA) is 91.4 Å². The SMILES string of the molecule is COc1ccc(NC(=O)CSc2nnc(-c3ccc(Cl)cc3)n2Cc2ccco2)c(OC)c1. The quantitative estimate of drug-likeness (QED) is 0.335. The van der Waals surface area contributed by atoms with Gasteiger partial charge in [-0.3, -0.25) is 9.36 Å². The first kappa shape index (κ1) is 22.8. The van der Waals surface area contributed by atoms with E-state index < -0.39 is 0 Å². The van der Waals surface area contributed by atoms with Crippen LogP contribution in [0.1, 0.15) is 5.76 Å². The Balaban J connectivity index is 1.51. The lowest BCUT2D eigenvalue weighted by Crippen LogP contribution is -2.15. The normalized spacial score (nSPS) is 10.8. The van der Waals surface area contributed by atoms with E-state index in [0.29, 0.717) is 39.7 Å². The van der Waals surface area contributed by atoms with Crippen molar-refractivity contribution in [3.05, 3.63) is 71.6 Å². The van der Waals surface area contributed by atoms with Gasteiger partial charge in [0.1, 0.15) is 17.3 Å². The van der Waals surface area contributed by atoms with Crippen LogP contribution in [0.5, 0.6) is 11.5 Å². The molecule has 8 nitrogen and oxygen atoms in total. The largest absolute Gasteiger partial charge is 0.497 e. The molecule has 170 valence electrons. The van der Waals surface area contributed by atoms with E-state index >= 15 is 0 Å². The molecule has 10 heteroatoms. The number of halogens is 1. The Labute approximate surface area is 199 Å². The maximum absolute atomic E-state index is 12.6. The number of anilines is 1. The second-order valence-electron chi connectivity index (χ2n) is 6.88. The molecule has 0 saturated carbocycles. The summed E-state index contributed by atoms with van der Waals surface area (Å²) in [7, 11) is 3.11.